The number of piperidine rings is 1. The molecule has 1 aromatic heterocycles. The average molecular weight is 485 g/mol. The molecule has 0 N–H and O–H groups in total. The summed E-state index contributed by atoms with van der Waals surface area (Å²) in [7, 11) is 2.23. The normalized spacial score (nSPS) is 18.9. The van der Waals surface area contributed by atoms with Crippen molar-refractivity contribution >= 4 is 10.9 Å². The molecule has 0 bridgehead atoms. The van der Waals surface area contributed by atoms with E-state index in [1.54, 1.807) is 6.07 Å². The summed E-state index contributed by atoms with van der Waals surface area (Å²) >= 11 is 0. The summed E-state index contributed by atoms with van der Waals surface area (Å²) in [4.78, 5) is 7.19. The lowest BCUT2D eigenvalue weighted by Gasteiger charge is -2.29. The van der Waals surface area contributed by atoms with E-state index in [1.165, 1.54) is 54.4 Å². The Morgan fingerprint density at radius 3 is 2.56 bits per heavy atom. The Balaban J connectivity index is 1.35. The number of aromatic nitrogens is 1. The van der Waals surface area contributed by atoms with E-state index in [0.29, 0.717) is 0 Å². The van der Waals surface area contributed by atoms with Crippen molar-refractivity contribution in [3.8, 4) is 0 Å². The highest BCUT2D eigenvalue weighted by molar-refractivity contribution is 5.84. The number of benzene rings is 2. The van der Waals surface area contributed by atoms with Gasteiger partial charge < -0.3 is 4.90 Å². The SMILES string of the molecule is C=CC1(c2ccc(C(C)Cc3ccnc4cc(CCC5CCN(C)CC5)c(CC)cc34)c(F)c2)CC1. The molecule has 3 heteroatoms. The van der Waals surface area contributed by atoms with Crippen molar-refractivity contribution in [2.75, 3.05) is 20.1 Å². The van der Waals surface area contributed by atoms with Crippen LogP contribution in [-0.2, 0) is 24.7 Å². The largest absolute Gasteiger partial charge is 0.306 e. The highest BCUT2D eigenvalue weighted by Crippen LogP contribution is 2.49. The lowest BCUT2D eigenvalue weighted by atomic mass is 9.87. The minimum Gasteiger partial charge on any atom is -0.306 e. The van der Waals surface area contributed by atoms with Crippen molar-refractivity contribution in [3.05, 3.63) is 88.9 Å². The van der Waals surface area contributed by atoms with Gasteiger partial charge in [-0.05, 0) is 135 Å². The Labute approximate surface area is 216 Å². The quantitative estimate of drug-likeness (QED) is 0.288. The summed E-state index contributed by atoms with van der Waals surface area (Å²) in [6, 6.07) is 12.7. The van der Waals surface area contributed by atoms with Crippen LogP contribution < -0.4 is 0 Å². The molecular weight excluding hydrogens is 443 g/mol. The zero-order chi connectivity index (χ0) is 25.3. The van der Waals surface area contributed by atoms with Gasteiger partial charge in [-0.25, -0.2) is 4.39 Å². The first kappa shape index (κ1) is 25.1. The van der Waals surface area contributed by atoms with E-state index < -0.39 is 0 Å². The first-order valence-corrected chi connectivity index (χ1v) is 13.9. The van der Waals surface area contributed by atoms with E-state index in [9.17, 15) is 0 Å². The van der Waals surface area contributed by atoms with Crippen molar-refractivity contribution in [1.82, 2.24) is 9.88 Å². The van der Waals surface area contributed by atoms with E-state index in [-0.39, 0.29) is 17.2 Å². The fourth-order valence-electron chi connectivity index (χ4n) is 6.21. The second kappa shape index (κ2) is 10.5. The van der Waals surface area contributed by atoms with Gasteiger partial charge in [0.05, 0.1) is 5.52 Å². The molecule has 5 rings (SSSR count). The molecule has 2 nitrogen and oxygen atoms in total. The highest BCUT2D eigenvalue weighted by atomic mass is 19.1. The van der Waals surface area contributed by atoms with Gasteiger partial charge in [0.1, 0.15) is 5.82 Å². The van der Waals surface area contributed by atoms with Gasteiger partial charge in [0.2, 0.25) is 0 Å². The van der Waals surface area contributed by atoms with Gasteiger partial charge in [0.15, 0.2) is 0 Å². The van der Waals surface area contributed by atoms with Crippen LogP contribution in [0.5, 0.6) is 0 Å². The molecule has 1 aliphatic carbocycles. The van der Waals surface area contributed by atoms with Gasteiger partial charge in [-0.1, -0.05) is 32.1 Å². The Morgan fingerprint density at radius 2 is 1.89 bits per heavy atom. The summed E-state index contributed by atoms with van der Waals surface area (Å²) in [6.45, 7) is 10.8. The number of rotatable bonds is 9. The van der Waals surface area contributed by atoms with Crippen LogP contribution in [0.15, 0.2) is 55.3 Å². The molecule has 0 radical (unpaired) electrons. The third-order valence-electron chi connectivity index (χ3n) is 9.01. The topological polar surface area (TPSA) is 16.1 Å². The summed E-state index contributed by atoms with van der Waals surface area (Å²) in [5, 5.41) is 1.23. The van der Waals surface area contributed by atoms with E-state index in [4.69, 9.17) is 4.98 Å². The number of pyridine rings is 1. The standard InChI is InChI=1S/C33H41FN2/c1-5-25-20-30-27(19-23(3)29-10-9-28(22-31(29)34)33(6-2)14-15-33)11-16-35-32(30)21-26(25)8-7-24-12-17-36(4)18-13-24/h6,9-11,16,20-24H,2,5,7-8,12-15,17-19H2,1,3-4H3. The molecule has 2 aromatic carbocycles. The fraction of sp³-hybridized carbons (Fsp3) is 0.485. The zero-order valence-corrected chi connectivity index (χ0v) is 22.3. The zero-order valence-electron chi connectivity index (χ0n) is 22.3. The van der Waals surface area contributed by atoms with E-state index in [0.717, 1.165) is 54.7 Å². The van der Waals surface area contributed by atoms with Crippen LogP contribution in [0.3, 0.4) is 0 Å². The van der Waals surface area contributed by atoms with Crippen LogP contribution in [0, 0.1) is 11.7 Å². The Morgan fingerprint density at radius 1 is 1.11 bits per heavy atom. The van der Waals surface area contributed by atoms with E-state index in [2.05, 4.69) is 56.6 Å². The van der Waals surface area contributed by atoms with Crippen LogP contribution in [-0.4, -0.2) is 30.0 Å². The highest BCUT2D eigenvalue weighted by Gasteiger charge is 2.41. The molecular formula is C33H41FN2. The summed E-state index contributed by atoms with van der Waals surface area (Å²) in [5.74, 6) is 0.846. The van der Waals surface area contributed by atoms with Crippen LogP contribution in [0.4, 0.5) is 4.39 Å². The van der Waals surface area contributed by atoms with Gasteiger partial charge >= 0.3 is 0 Å². The number of likely N-dealkylation sites (tertiary alicyclic amines) is 1. The summed E-state index contributed by atoms with van der Waals surface area (Å²) < 4.78 is 15.2. The Kier molecular flexibility index (Phi) is 7.30. The van der Waals surface area contributed by atoms with Gasteiger partial charge in [-0.3, -0.25) is 4.98 Å². The maximum Gasteiger partial charge on any atom is 0.126 e. The monoisotopic (exact) mass is 484 g/mol. The fourth-order valence-corrected chi connectivity index (χ4v) is 6.21. The molecule has 2 fully saturated rings. The predicted molar refractivity (Wildman–Crippen MR) is 149 cm³/mol. The van der Waals surface area contributed by atoms with Crippen molar-refractivity contribution in [1.29, 1.82) is 0 Å². The van der Waals surface area contributed by atoms with Crippen molar-refractivity contribution in [3.63, 3.8) is 0 Å². The second-order valence-corrected chi connectivity index (χ2v) is 11.4. The van der Waals surface area contributed by atoms with Crippen molar-refractivity contribution in [2.24, 2.45) is 5.92 Å². The maximum atomic E-state index is 15.2. The lowest BCUT2D eigenvalue weighted by Crippen LogP contribution is -2.30. The summed E-state index contributed by atoms with van der Waals surface area (Å²) in [5.41, 5.74) is 7.11. The Bertz CT molecular complexity index is 1230. The molecule has 190 valence electrons. The number of hydrogen-bond donors (Lipinski definition) is 0. The molecule has 2 aliphatic rings. The minimum absolute atomic E-state index is 0.00546. The predicted octanol–water partition coefficient (Wildman–Crippen LogP) is 7.77. The molecule has 0 spiro atoms. The van der Waals surface area contributed by atoms with E-state index in [1.807, 2.05) is 18.3 Å². The molecule has 1 atom stereocenters. The molecule has 36 heavy (non-hydrogen) atoms. The second-order valence-electron chi connectivity index (χ2n) is 11.4. The van der Waals surface area contributed by atoms with E-state index >= 15 is 4.39 Å². The average Bonchev–Trinajstić information content (AvgIpc) is 3.69. The third kappa shape index (κ3) is 5.13. The van der Waals surface area contributed by atoms with Crippen LogP contribution in [0.2, 0.25) is 0 Å². The number of halogens is 1. The summed E-state index contributed by atoms with van der Waals surface area (Å²) in [6.07, 6.45) is 12.9. The van der Waals surface area contributed by atoms with Crippen LogP contribution in [0.25, 0.3) is 10.9 Å². The molecule has 0 amide bonds. The van der Waals surface area contributed by atoms with Crippen LogP contribution in [0.1, 0.15) is 79.7 Å². The molecule has 1 saturated carbocycles. The molecule has 1 saturated heterocycles. The third-order valence-corrected chi connectivity index (χ3v) is 9.01. The van der Waals surface area contributed by atoms with Gasteiger partial charge in [-0.15, -0.1) is 6.58 Å². The smallest absolute Gasteiger partial charge is 0.126 e. The number of allylic oxidation sites excluding steroid dienone is 1. The number of hydrogen-bond acceptors (Lipinski definition) is 2. The maximum absolute atomic E-state index is 15.2. The van der Waals surface area contributed by atoms with Gasteiger partial charge in [-0.2, -0.15) is 0 Å². The van der Waals surface area contributed by atoms with Gasteiger partial charge in [0.25, 0.3) is 0 Å². The molecule has 3 aromatic rings. The van der Waals surface area contributed by atoms with Crippen LogP contribution >= 0.6 is 0 Å². The molecule has 2 heterocycles. The van der Waals surface area contributed by atoms with Crippen molar-refractivity contribution < 1.29 is 4.39 Å². The number of fused-ring (bicyclic) bond motifs is 1. The first-order valence-electron chi connectivity index (χ1n) is 13.9. The Hall–Kier alpha value is -2.52. The number of nitrogens with zero attached hydrogens (tertiary/aromatic N) is 2. The van der Waals surface area contributed by atoms with Gasteiger partial charge in [0, 0.05) is 17.0 Å². The molecule has 1 aliphatic heterocycles. The first-order chi connectivity index (χ1) is 17.4. The number of aryl methyl sites for hydroxylation is 2. The lowest BCUT2D eigenvalue weighted by molar-refractivity contribution is 0.212. The molecule has 1 unspecified atom stereocenters. The minimum atomic E-state index is -0.0862. The van der Waals surface area contributed by atoms with Crippen molar-refractivity contribution in [2.45, 2.75) is 76.5 Å².